The fraction of sp³-hybridized carbons (Fsp3) is 0.515. The molecule has 2 saturated heterocycles. The van der Waals surface area contributed by atoms with E-state index < -0.39 is 0 Å². The molecule has 3 fully saturated rings. The highest BCUT2D eigenvalue weighted by molar-refractivity contribution is 6.37. The quantitative estimate of drug-likeness (QED) is 0.236. The van der Waals surface area contributed by atoms with Crippen LogP contribution in [0.5, 0.6) is 17.2 Å². The van der Waals surface area contributed by atoms with E-state index in [2.05, 4.69) is 26.2 Å². The SMILES string of the molecule is COc1cc(Nc2c(C#N)cnc3cc(OCCCN4CCC5(CC4)CC(N4CCCC4)C5)c(OC)cc23)c(Cl)cc1Cl. The van der Waals surface area contributed by atoms with E-state index in [-0.39, 0.29) is 0 Å². The Morgan fingerprint density at radius 2 is 1.72 bits per heavy atom. The van der Waals surface area contributed by atoms with E-state index in [1.54, 1.807) is 25.4 Å². The zero-order valence-corrected chi connectivity index (χ0v) is 26.4. The number of hydrogen-bond acceptors (Lipinski definition) is 8. The molecule has 3 heterocycles. The van der Waals surface area contributed by atoms with Crippen molar-refractivity contribution in [1.82, 2.24) is 14.8 Å². The molecule has 1 saturated carbocycles. The third-order valence-electron chi connectivity index (χ3n) is 9.56. The Morgan fingerprint density at radius 1 is 0.977 bits per heavy atom. The Bertz CT molecular complexity index is 1500. The standard InChI is InChI=1S/C33H39Cl2N5O3/c1-41-29-17-28(25(34)15-26(29)35)38-32-22(20-36)21-37-27-16-31(30(42-2)14-24(27)32)43-13-5-8-39-11-6-33(7-12-39)18-23(19-33)40-9-3-4-10-40/h14-17,21,23H,3-13,18-19H2,1-2H3,(H,37,38). The van der Waals surface area contributed by atoms with E-state index in [0.29, 0.717) is 67.2 Å². The van der Waals surface area contributed by atoms with E-state index in [0.717, 1.165) is 19.0 Å². The lowest BCUT2D eigenvalue weighted by atomic mass is 9.60. The van der Waals surface area contributed by atoms with Crippen LogP contribution >= 0.6 is 23.2 Å². The number of ether oxygens (including phenoxy) is 3. The first kappa shape index (κ1) is 30.1. The van der Waals surface area contributed by atoms with Gasteiger partial charge in [0, 0.05) is 36.3 Å². The first-order chi connectivity index (χ1) is 20.9. The van der Waals surface area contributed by atoms with Crippen molar-refractivity contribution in [2.24, 2.45) is 5.41 Å². The summed E-state index contributed by atoms with van der Waals surface area (Å²) in [6.45, 7) is 6.63. The molecule has 8 nitrogen and oxygen atoms in total. The van der Waals surface area contributed by atoms with Crippen LogP contribution in [-0.4, -0.2) is 74.4 Å². The molecule has 6 rings (SSSR count). The number of aromatic nitrogens is 1. The van der Waals surface area contributed by atoms with Gasteiger partial charge in [0.25, 0.3) is 0 Å². The number of methoxy groups -OCH3 is 2. The number of piperidine rings is 1. The number of likely N-dealkylation sites (tertiary alicyclic amines) is 2. The molecule has 2 aliphatic heterocycles. The summed E-state index contributed by atoms with van der Waals surface area (Å²) >= 11 is 12.7. The van der Waals surface area contributed by atoms with Gasteiger partial charge in [0.15, 0.2) is 11.5 Å². The number of nitrogens with one attached hydrogen (secondary N) is 1. The Morgan fingerprint density at radius 3 is 2.42 bits per heavy atom. The van der Waals surface area contributed by atoms with Crippen LogP contribution in [0.25, 0.3) is 10.9 Å². The first-order valence-corrected chi connectivity index (χ1v) is 16.0. The monoisotopic (exact) mass is 623 g/mol. The Hall–Kier alpha value is -2.96. The molecule has 1 aromatic heterocycles. The number of benzene rings is 2. The molecule has 228 valence electrons. The van der Waals surface area contributed by atoms with E-state index in [9.17, 15) is 5.26 Å². The number of halogens is 2. The van der Waals surface area contributed by atoms with Gasteiger partial charge in [-0.25, -0.2) is 0 Å². The van der Waals surface area contributed by atoms with E-state index >= 15 is 0 Å². The number of rotatable bonds is 10. The first-order valence-electron chi connectivity index (χ1n) is 15.2. The highest BCUT2D eigenvalue weighted by Crippen LogP contribution is 2.51. The van der Waals surface area contributed by atoms with Crippen LogP contribution in [0.15, 0.2) is 30.5 Å². The van der Waals surface area contributed by atoms with E-state index in [1.807, 2.05) is 12.1 Å². The predicted molar refractivity (Wildman–Crippen MR) is 171 cm³/mol. The van der Waals surface area contributed by atoms with Crippen molar-refractivity contribution < 1.29 is 14.2 Å². The van der Waals surface area contributed by atoms with Crippen LogP contribution in [0.3, 0.4) is 0 Å². The number of anilines is 2. The van der Waals surface area contributed by atoms with Gasteiger partial charge < -0.3 is 29.3 Å². The number of hydrogen-bond donors (Lipinski definition) is 1. The van der Waals surface area contributed by atoms with Crippen molar-refractivity contribution >= 4 is 45.5 Å². The fourth-order valence-electron chi connectivity index (χ4n) is 7.04. The summed E-state index contributed by atoms with van der Waals surface area (Å²) in [6.07, 6.45) is 10.7. The Kier molecular flexibility index (Phi) is 9.06. The molecule has 0 atom stereocenters. The van der Waals surface area contributed by atoms with E-state index in [1.165, 1.54) is 71.8 Å². The van der Waals surface area contributed by atoms with Crippen LogP contribution in [0.1, 0.15) is 50.5 Å². The summed E-state index contributed by atoms with van der Waals surface area (Å²) in [6, 6.07) is 10.1. The molecule has 0 radical (unpaired) electrons. The molecule has 0 amide bonds. The molecular weight excluding hydrogens is 585 g/mol. The average molecular weight is 625 g/mol. The van der Waals surface area contributed by atoms with Gasteiger partial charge in [-0.05, 0) is 88.7 Å². The molecule has 0 unspecified atom stereocenters. The number of pyridine rings is 1. The maximum Gasteiger partial charge on any atom is 0.163 e. The van der Waals surface area contributed by atoms with E-state index in [4.69, 9.17) is 37.4 Å². The van der Waals surface area contributed by atoms with Gasteiger partial charge in [0.1, 0.15) is 11.8 Å². The molecule has 43 heavy (non-hydrogen) atoms. The zero-order chi connectivity index (χ0) is 30.0. The Balaban J connectivity index is 1.08. The third-order valence-corrected chi connectivity index (χ3v) is 10.2. The molecule has 1 spiro atoms. The minimum atomic E-state index is 0.366. The van der Waals surface area contributed by atoms with Crippen LogP contribution in [0.4, 0.5) is 11.4 Å². The second-order valence-electron chi connectivity index (χ2n) is 12.1. The van der Waals surface area contributed by atoms with Crippen LogP contribution < -0.4 is 19.5 Å². The van der Waals surface area contributed by atoms with Crippen molar-refractivity contribution in [2.75, 3.05) is 58.9 Å². The molecule has 3 aromatic rings. The minimum absolute atomic E-state index is 0.366. The molecule has 0 bridgehead atoms. The summed E-state index contributed by atoms with van der Waals surface area (Å²) < 4.78 is 17.3. The summed E-state index contributed by atoms with van der Waals surface area (Å²) in [7, 11) is 3.15. The second kappa shape index (κ2) is 13.0. The highest BCUT2D eigenvalue weighted by atomic mass is 35.5. The summed E-state index contributed by atoms with van der Waals surface area (Å²) in [4.78, 5) is 9.86. The minimum Gasteiger partial charge on any atom is -0.495 e. The van der Waals surface area contributed by atoms with Crippen LogP contribution in [0.2, 0.25) is 10.0 Å². The lowest BCUT2D eigenvalue weighted by Gasteiger charge is -2.54. The van der Waals surface area contributed by atoms with Crippen molar-refractivity contribution in [3.05, 3.63) is 46.1 Å². The molecule has 1 aliphatic carbocycles. The smallest absolute Gasteiger partial charge is 0.163 e. The zero-order valence-electron chi connectivity index (χ0n) is 24.9. The van der Waals surface area contributed by atoms with Gasteiger partial charge in [-0.15, -0.1) is 0 Å². The van der Waals surface area contributed by atoms with Crippen molar-refractivity contribution in [3.63, 3.8) is 0 Å². The Labute approximate surface area is 263 Å². The van der Waals surface area contributed by atoms with Crippen molar-refractivity contribution in [2.45, 2.75) is 51.0 Å². The van der Waals surface area contributed by atoms with Crippen LogP contribution in [0, 0.1) is 16.7 Å². The molecule has 3 aliphatic rings. The maximum absolute atomic E-state index is 9.83. The third kappa shape index (κ3) is 6.32. The maximum atomic E-state index is 9.83. The van der Waals surface area contributed by atoms with Gasteiger partial charge in [-0.2, -0.15) is 5.26 Å². The summed E-state index contributed by atoms with van der Waals surface area (Å²) in [5, 5.41) is 14.6. The predicted octanol–water partition coefficient (Wildman–Crippen LogP) is 7.28. The average Bonchev–Trinajstić information content (AvgIpc) is 3.54. The van der Waals surface area contributed by atoms with Gasteiger partial charge in [0.2, 0.25) is 0 Å². The fourth-order valence-corrected chi connectivity index (χ4v) is 7.55. The normalized spacial score (nSPS) is 18.9. The van der Waals surface area contributed by atoms with Crippen LogP contribution in [-0.2, 0) is 0 Å². The lowest BCUT2D eigenvalue weighted by molar-refractivity contribution is -0.0359. The highest BCUT2D eigenvalue weighted by Gasteiger charge is 2.47. The number of nitrogens with zero attached hydrogens (tertiary/aromatic N) is 4. The molecular formula is C33H39Cl2N5O3. The largest absolute Gasteiger partial charge is 0.495 e. The lowest BCUT2D eigenvalue weighted by Crippen LogP contribution is -2.54. The van der Waals surface area contributed by atoms with Gasteiger partial charge in [-0.3, -0.25) is 4.98 Å². The summed E-state index contributed by atoms with van der Waals surface area (Å²) in [5.74, 6) is 1.67. The number of fused-ring (bicyclic) bond motifs is 1. The number of nitriles is 1. The van der Waals surface area contributed by atoms with Gasteiger partial charge >= 0.3 is 0 Å². The molecule has 2 aromatic carbocycles. The summed E-state index contributed by atoms with van der Waals surface area (Å²) in [5.41, 5.74) is 2.76. The van der Waals surface area contributed by atoms with Crippen molar-refractivity contribution in [1.29, 1.82) is 5.26 Å². The van der Waals surface area contributed by atoms with Gasteiger partial charge in [0.05, 0.1) is 53.3 Å². The van der Waals surface area contributed by atoms with Gasteiger partial charge in [-0.1, -0.05) is 23.2 Å². The molecule has 1 N–H and O–H groups in total. The molecule has 10 heteroatoms. The topological polar surface area (TPSA) is 82.9 Å². The van der Waals surface area contributed by atoms with Crippen molar-refractivity contribution in [3.8, 4) is 23.3 Å². The second-order valence-corrected chi connectivity index (χ2v) is 12.9.